The van der Waals surface area contributed by atoms with E-state index in [2.05, 4.69) is 118 Å². The number of para-hydroxylation sites is 3. The molecule has 0 saturated heterocycles. The summed E-state index contributed by atoms with van der Waals surface area (Å²) in [7, 11) is -4.09. The van der Waals surface area contributed by atoms with Crippen LogP contribution in [0, 0.1) is 38.1 Å². The first kappa shape index (κ1) is 71.6. The maximum Gasteiger partial charge on any atom is 3.00 e. The predicted octanol–water partition coefficient (Wildman–Crippen LogP) is 16.6. The van der Waals surface area contributed by atoms with Crippen LogP contribution in [0.4, 0.5) is 13.2 Å². The van der Waals surface area contributed by atoms with Crippen LogP contribution in [0.3, 0.4) is 0 Å². The molecule has 0 unspecified atom stereocenters. The molecule has 0 atom stereocenters. The van der Waals surface area contributed by atoms with Crippen molar-refractivity contribution >= 4 is 54.0 Å². The Morgan fingerprint density at radius 3 is 1.06 bits per heavy atom. The minimum Gasteiger partial charge on any atom is -0.741 e. The van der Waals surface area contributed by atoms with Gasteiger partial charge in [-0.3, -0.25) is 4.98 Å². The summed E-state index contributed by atoms with van der Waals surface area (Å²) in [5.74, 6) is 0. The van der Waals surface area contributed by atoms with Crippen molar-refractivity contribution in [3.8, 4) is 56.3 Å². The van der Waals surface area contributed by atoms with Crippen molar-refractivity contribution < 1.29 is 85.4 Å². The zero-order valence-corrected chi connectivity index (χ0v) is 54.3. The third-order valence-electron chi connectivity index (χ3n) is 12.5. The molecule has 0 fully saturated rings. The third-order valence-corrected chi connectivity index (χ3v) is 13.0. The molecule has 0 spiro atoms. The maximum absolute atomic E-state index is 10.7. The van der Waals surface area contributed by atoms with E-state index in [1.165, 1.54) is 0 Å². The minimum atomic E-state index is -6.09. The van der Waals surface area contributed by atoms with Crippen molar-refractivity contribution in [3.05, 3.63) is 297 Å². The zero-order chi connectivity index (χ0) is 62.7. The first-order chi connectivity index (χ1) is 42.8. The van der Waals surface area contributed by atoms with Crippen LogP contribution in [-0.4, -0.2) is 67.8 Å². The number of rotatable bonds is 5. The number of aliphatic hydroxyl groups is 2. The van der Waals surface area contributed by atoms with E-state index in [0.717, 1.165) is 126 Å². The number of hydrogen-bond acceptors (Lipinski definition) is 12. The molecular weight excluding hydrogens is 1520 g/mol. The number of aliphatic hydroxyl groups excluding tert-OH is 2. The largest absolute Gasteiger partial charge is 3.00 e. The molecule has 0 saturated carbocycles. The average Bonchev–Trinajstić information content (AvgIpc) is 1.69. The Labute approximate surface area is 547 Å². The minimum absolute atomic E-state index is 0. The molecule has 0 aliphatic heterocycles. The molecule has 0 amide bonds. The van der Waals surface area contributed by atoms with Crippen molar-refractivity contribution in [2.24, 2.45) is 0 Å². The second-order valence-corrected chi connectivity index (χ2v) is 19.6. The van der Waals surface area contributed by atoms with Gasteiger partial charge in [-0.05, 0) is 90.2 Å². The smallest absolute Gasteiger partial charge is 0.741 e. The topological polar surface area (TPSA) is 188 Å². The predicted molar refractivity (Wildman–Crippen MR) is 340 cm³/mol. The summed E-state index contributed by atoms with van der Waals surface area (Å²) in [6, 6.07) is 88.2. The number of nitrogens with zero attached hydrogens (tertiary/aromatic N) is 5. The summed E-state index contributed by atoms with van der Waals surface area (Å²) in [5, 5.41) is 18.6. The summed E-state index contributed by atoms with van der Waals surface area (Å²) in [5.41, 5.74) is 10.1. The summed E-state index contributed by atoms with van der Waals surface area (Å²) < 4.78 is 71.1. The summed E-state index contributed by atoms with van der Waals surface area (Å²) >= 11 is 0. The average molecular weight is 1580 g/mol. The normalized spacial score (nSPS) is 10.2. The molecule has 14 aromatic rings. The third kappa shape index (κ3) is 19.7. The molecule has 12 nitrogen and oxygen atoms in total. The van der Waals surface area contributed by atoms with Gasteiger partial charge >= 0.3 is 25.6 Å². The molecule has 90 heavy (non-hydrogen) atoms. The Morgan fingerprint density at radius 1 is 0.389 bits per heavy atom. The van der Waals surface area contributed by atoms with Crippen LogP contribution in [-0.2, 0) is 50.3 Å². The van der Waals surface area contributed by atoms with Crippen LogP contribution in [0.5, 0.6) is 0 Å². The molecule has 7 heterocycles. The van der Waals surface area contributed by atoms with Gasteiger partial charge in [-0.1, -0.05) is 114 Å². The molecule has 7 aromatic heterocycles. The summed E-state index contributed by atoms with van der Waals surface area (Å²) in [6.07, 6.45) is 8.96. The number of furan rings is 2. The van der Waals surface area contributed by atoms with E-state index in [1.54, 1.807) is 24.8 Å². The fourth-order valence-electron chi connectivity index (χ4n) is 8.51. The second-order valence-electron chi connectivity index (χ2n) is 18.2. The number of benzene rings is 7. The van der Waals surface area contributed by atoms with Crippen molar-refractivity contribution in [3.63, 3.8) is 0 Å². The van der Waals surface area contributed by atoms with Gasteiger partial charge < -0.3 is 43.5 Å². The van der Waals surface area contributed by atoms with Gasteiger partial charge in [0.05, 0.1) is 11.3 Å². The van der Waals surface area contributed by atoms with E-state index in [9.17, 15) is 13.2 Å². The molecule has 0 aliphatic carbocycles. The first-order valence-electron chi connectivity index (χ1n) is 27.0. The summed E-state index contributed by atoms with van der Waals surface area (Å²) in [6.45, 7) is 4.14. The molecule has 459 valence electrons. The molecular formula is C72H57F3Ir2N5O7S-2. The Hall–Kier alpha value is -9.19. The van der Waals surface area contributed by atoms with Gasteiger partial charge in [0.15, 0.2) is 10.1 Å². The Morgan fingerprint density at radius 2 is 0.711 bits per heavy atom. The Balaban J connectivity index is 0.000000198. The van der Waals surface area contributed by atoms with Gasteiger partial charge in [-0.15, -0.1) is 126 Å². The van der Waals surface area contributed by atoms with Gasteiger partial charge in [0.25, 0.3) is 0 Å². The standard InChI is InChI=1S/C18H13NO.C18H12NO.3C11H8N.CHF3O3S.2CH4O.2Ir/c2*1-12-6-4-7-13-14-8-5-9-15(18(14)20-17(12)13)16-10-2-3-11-19-16;3*1-2-6-10(7-3-1)11-8-4-5-9-12-11;2-1(3,4)8(5,6)7;2*1-2;;/h2-11H,1H3;2-8,10-11H,1H3;3*1-6,8-9H;(H,5,6,7);2*2H,1H3;;/q;4*-1;;;;;+3/p-1. The molecule has 7 aromatic carbocycles. The molecule has 14 rings (SSSR count). The number of aryl methyl sites for hydroxylation is 2. The van der Waals surface area contributed by atoms with Gasteiger partial charge in [-0.2, -0.15) is 13.2 Å². The van der Waals surface area contributed by atoms with Gasteiger partial charge in [-0.25, -0.2) is 8.42 Å². The van der Waals surface area contributed by atoms with E-state index >= 15 is 0 Å². The monoisotopic (exact) mass is 1580 g/mol. The number of alkyl halides is 3. The quantitative estimate of drug-likeness (QED) is 0.0944. The van der Waals surface area contributed by atoms with Crippen molar-refractivity contribution in [2.75, 3.05) is 14.2 Å². The van der Waals surface area contributed by atoms with Crippen LogP contribution < -0.4 is 0 Å². The fourth-order valence-corrected chi connectivity index (χ4v) is 8.51. The Kier molecular flexibility index (Phi) is 28.9. The van der Waals surface area contributed by atoms with E-state index in [1.807, 2.05) is 182 Å². The van der Waals surface area contributed by atoms with Crippen molar-refractivity contribution in [1.29, 1.82) is 0 Å². The number of hydrogen-bond donors (Lipinski definition) is 2. The number of aromatic nitrogens is 5. The molecule has 2 N–H and O–H groups in total. The van der Waals surface area contributed by atoms with Crippen LogP contribution in [0.1, 0.15) is 11.1 Å². The maximum atomic E-state index is 10.7. The zero-order valence-electron chi connectivity index (χ0n) is 48.7. The molecule has 18 heteroatoms. The molecule has 0 bridgehead atoms. The van der Waals surface area contributed by atoms with Crippen LogP contribution in [0.25, 0.3) is 100 Å². The van der Waals surface area contributed by atoms with Gasteiger partial charge in [0.1, 0.15) is 16.7 Å². The van der Waals surface area contributed by atoms with E-state index in [0.29, 0.717) is 0 Å². The number of fused-ring (bicyclic) bond motifs is 6. The SMILES string of the molecule is CO.CO.Cc1cccc2c1oc1c(-c3ccccn3)[c-]ccc12.Cc1cccc2c1oc1c(-c3ccccn3)cccc12.O=S(=O)([O-])C(F)(F)F.[Ir+3].[Ir].[c-]1ccccc1-c1ccccn1.[c-]1ccccc1-c1ccccn1.[c-]1ccccc1-c1ccccn1. The van der Waals surface area contributed by atoms with Crippen LogP contribution in [0.15, 0.2) is 270 Å². The second kappa shape index (κ2) is 36.3. The van der Waals surface area contributed by atoms with E-state index < -0.39 is 15.6 Å². The molecule has 0 aliphatic rings. The summed E-state index contributed by atoms with van der Waals surface area (Å²) in [4.78, 5) is 21.5. The van der Waals surface area contributed by atoms with Gasteiger partial charge in [0.2, 0.25) is 0 Å². The fraction of sp³-hybridized carbons (Fsp3) is 0.0694. The van der Waals surface area contributed by atoms with Crippen molar-refractivity contribution in [1.82, 2.24) is 24.9 Å². The Bertz CT molecular complexity index is 4010. The number of halogens is 3. The molecule has 1 radical (unpaired) electrons. The van der Waals surface area contributed by atoms with Gasteiger partial charge in [0, 0.05) is 87.0 Å². The van der Waals surface area contributed by atoms with Crippen molar-refractivity contribution in [2.45, 2.75) is 19.4 Å². The first-order valence-corrected chi connectivity index (χ1v) is 28.4. The van der Waals surface area contributed by atoms with E-state index in [-0.39, 0.29) is 40.2 Å². The van der Waals surface area contributed by atoms with Crippen LogP contribution in [0.2, 0.25) is 0 Å². The number of pyridine rings is 5. The van der Waals surface area contributed by atoms with Crippen LogP contribution >= 0.6 is 0 Å². The van der Waals surface area contributed by atoms with E-state index in [4.69, 9.17) is 32.0 Å².